The Morgan fingerprint density at radius 3 is 2.64 bits per heavy atom. The average molecular weight is 577 g/mol. The lowest BCUT2D eigenvalue weighted by Gasteiger charge is -2.42. The SMILES string of the molecule is Nc1nc2c(CN3C[C@@H]4NCC(=O)N4[C@@H](Cc4ccc(NC(=O)c5cccc6ccccc56)cc4)C3=O)cccc2s1. The minimum Gasteiger partial charge on any atom is -0.375 e. The van der Waals surface area contributed by atoms with Crippen LogP contribution in [-0.2, 0) is 22.6 Å². The van der Waals surface area contributed by atoms with Crippen molar-refractivity contribution in [1.82, 2.24) is 20.1 Å². The van der Waals surface area contributed by atoms with Gasteiger partial charge >= 0.3 is 0 Å². The molecule has 4 N–H and O–H groups in total. The van der Waals surface area contributed by atoms with Crippen LogP contribution in [-0.4, -0.2) is 57.8 Å². The third kappa shape index (κ3) is 4.74. The van der Waals surface area contributed by atoms with Crippen LogP contribution in [0.2, 0.25) is 0 Å². The van der Waals surface area contributed by atoms with Crippen LogP contribution in [0.25, 0.3) is 21.0 Å². The third-order valence-corrected chi connectivity index (χ3v) is 8.84. The van der Waals surface area contributed by atoms with Crippen molar-refractivity contribution in [2.75, 3.05) is 24.1 Å². The number of anilines is 2. The lowest BCUT2D eigenvalue weighted by Crippen LogP contribution is -2.63. The van der Waals surface area contributed by atoms with Gasteiger partial charge in [-0.3, -0.25) is 19.7 Å². The minimum atomic E-state index is -0.637. The first kappa shape index (κ1) is 26.1. The molecule has 3 amide bonds. The zero-order chi connectivity index (χ0) is 28.8. The fourth-order valence-electron chi connectivity index (χ4n) is 5.99. The number of aromatic nitrogens is 1. The van der Waals surface area contributed by atoms with Gasteiger partial charge in [-0.15, -0.1) is 0 Å². The van der Waals surface area contributed by atoms with Crippen molar-refractivity contribution in [1.29, 1.82) is 0 Å². The number of carbonyl (C=O) groups is 3. The number of benzene rings is 4. The summed E-state index contributed by atoms with van der Waals surface area (Å²) in [5.74, 6) is -0.366. The number of rotatable bonds is 6. The molecule has 0 saturated carbocycles. The Kier molecular flexibility index (Phi) is 6.56. The molecule has 10 heteroatoms. The van der Waals surface area contributed by atoms with Crippen LogP contribution in [0.4, 0.5) is 10.8 Å². The van der Waals surface area contributed by atoms with Crippen LogP contribution in [0.3, 0.4) is 0 Å². The molecule has 2 aliphatic rings. The molecule has 7 rings (SSSR count). The van der Waals surface area contributed by atoms with E-state index in [1.54, 1.807) is 9.80 Å². The Labute approximate surface area is 245 Å². The Balaban J connectivity index is 1.09. The molecule has 0 radical (unpaired) electrons. The first-order valence-electron chi connectivity index (χ1n) is 13.8. The van der Waals surface area contributed by atoms with Gasteiger partial charge in [0.2, 0.25) is 11.8 Å². The molecule has 4 aromatic carbocycles. The summed E-state index contributed by atoms with van der Waals surface area (Å²) in [6, 6.07) is 26.2. The number of nitrogens with zero attached hydrogens (tertiary/aromatic N) is 3. The second-order valence-corrected chi connectivity index (χ2v) is 11.7. The molecule has 2 aliphatic heterocycles. The molecule has 0 bridgehead atoms. The minimum absolute atomic E-state index is 0.0775. The van der Waals surface area contributed by atoms with E-state index in [9.17, 15) is 14.4 Å². The molecule has 2 atom stereocenters. The summed E-state index contributed by atoms with van der Waals surface area (Å²) in [4.78, 5) is 47.7. The number of fused-ring (bicyclic) bond motifs is 3. The number of thiazole rings is 1. The van der Waals surface area contributed by atoms with Crippen molar-refractivity contribution >= 4 is 60.9 Å². The van der Waals surface area contributed by atoms with E-state index in [1.165, 1.54) is 11.3 Å². The van der Waals surface area contributed by atoms with Crippen LogP contribution < -0.4 is 16.4 Å². The van der Waals surface area contributed by atoms with Crippen molar-refractivity contribution in [3.63, 3.8) is 0 Å². The number of carbonyl (C=O) groups excluding carboxylic acids is 3. The van der Waals surface area contributed by atoms with Gasteiger partial charge in [-0.25, -0.2) is 4.98 Å². The summed E-state index contributed by atoms with van der Waals surface area (Å²) in [6.45, 7) is 0.991. The van der Waals surface area contributed by atoms with E-state index in [-0.39, 0.29) is 30.4 Å². The van der Waals surface area contributed by atoms with Gasteiger partial charge in [-0.05, 0) is 46.2 Å². The van der Waals surface area contributed by atoms with Crippen LogP contribution >= 0.6 is 11.3 Å². The summed E-state index contributed by atoms with van der Waals surface area (Å²) in [6.07, 6.45) is 0.115. The molecule has 42 heavy (non-hydrogen) atoms. The number of para-hydroxylation sites is 1. The fourth-order valence-corrected chi connectivity index (χ4v) is 6.78. The molecular weight excluding hydrogens is 548 g/mol. The number of piperazine rings is 1. The molecule has 9 nitrogen and oxygen atoms in total. The highest BCUT2D eigenvalue weighted by atomic mass is 32.1. The first-order chi connectivity index (χ1) is 20.4. The summed E-state index contributed by atoms with van der Waals surface area (Å²) in [7, 11) is 0. The highest BCUT2D eigenvalue weighted by Crippen LogP contribution is 2.30. The Bertz CT molecular complexity index is 1850. The molecule has 0 spiro atoms. The zero-order valence-electron chi connectivity index (χ0n) is 22.6. The third-order valence-electron chi connectivity index (χ3n) is 7.99. The summed E-state index contributed by atoms with van der Waals surface area (Å²) < 4.78 is 0.981. The zero-order valence-corrected chi connectivity index (χ0v) is 23.4. The van der Waals surface area contributed by atoms with E-state index >= 15 is 0 Å². The van der Waals surface area contributed by atoms with Crippen LogP contribution in [0.1, 0.15) is 21.5 Å². The normalized spacial score (nSPS) is 18.6. The summed E-state index contributed by atoms with van der Waals surface area (Å²) in [5, 5.41) is 8.63. The van der Waals surface area contributed by atoms with Crippen molar-refractivity contribution in [3.8, 4) is 0 Å². The maximum atomic E-state index is 13.8. The van der Waals surface area contributed by atoms with Gasteiger partial charge in [0.15, 0.2) is 5.13 Å². The van der Waals surface area contributed by atoms with Crippen LogP contribution in [0.5, 0.6) is 0 Å². The number of nitrogen functional groups attached to an aromatic ring is 1. The molecule has 1 aromatic heterocycles. The lowest BCUT2D eigenvalue weighted by atomic mass is 9.99. The van der Waals surface area contributed by atoms with Crippen molar-refractivity contribution < 1.29 is 14.4 Å². The topological polar surface area (TPSA) is 121 Å². The van der Waals surface area contributed by atoms with E-state index in [0.29, 0.717) is 35.9 Å². The van der Waals surface area contributed by atoms with Crippen molar-refractivity contribution in [3.05, 3.63) is 102 Å². The Morgan fingerprint density at radius 2 is 1.79 bits per heavy atom. The predicted octanol–water partition coefficient (Wildman–Crippen LogP) is 4.00. The van der Waals surface area contributed by atoms with E-state index < -0.39 is 6.04 Å². The number of amides is 3. The predicted molar refractivity (Wildman–Crippen MR) is 164 cm³/mol. The fraction of sp³-hybridized carbons (Fsp3) is 0.188. The standard InChI is InChI=1S/C32H28N6O3S/c33-32-36-29-21(7-4-10-26(29)42-32)17-37-18-27-34-16-28(39)38(27)25(31(37)41)15-19-11-13-22(14-12-19)35-30(40)24-9-3-6-20-5-1-2-8-23(20)24/h1-14,25,27,34H,15-18H2,(H2,33,36)(H,35,40)/t25-,27+/m0/s1. The summed E-state index contributed by atoms with van der Waals surface area (Å²) in [5.41, 5.74) is 9.84. The van der Waals surface area contributed by atoms with Crippen LogP contribution in [0, 0.1) is 0 Å². The monoisotopic (exact) mass is 576 g/mol. The number of nitrogens with two attached hydrogens (primary N) is 1. The lowest BCUT2D eigenvalue weighted by molar-refractivity contribution is -0.152. The molecule has 3 heterocycles. The molecule has 210 valence electrons. The summed E-state index contributed by atoms with van der Waals surface area (Å²) >= 11 is 1.42. The van der Waals surface area contributed by atoms with Crippen LogP contribution in [0.15, 0.2) is 84.9 Å². The van der Waals surface area contributed by atoms with Gasteiger partial charge in [0.25, 0.3) is 5.91 Å². The van der Waals surface area contributed by atoms with E-state index in [1.807, 2.05) is 84.9 Å². The second kappa shape index (κ2) is 10.6. The van der Waals surface area contributed by atoms with Crippen molar-refractivity contribution in [2.45, 2.75) is 25.2 Å². The van der Waals surface area contributed by atoms with Gasteiger partial charge in [0, 0.05) is 24.2 Å². The molecule has 2 fully saturated rings. The number of hydrogen-bond acceptors (Lipinski definition) is 7. The maximum Gasteiger partial charge on any atom is 0.256 e. The largest absolute Gasteiger partial charge is 0.375 e. The smallest absolute Gasteiger partial charge is 0.256 e. The van der Waals surface area contributed by atoms with Gasteiger partial charge in [-0.2, -0.15) is 0 Å². The van der Waals surface area contributed by atoms with Gasteiger partial charge in [-0.1, -0.05) is 72.0 Å². The molecule has 0 unspecified atom stereocenters. The van der Waals surface area contributed by atoms with Gasteiger partial charge < -0.3 is 20.9 Å². The molecule has 0 aliphatic carbocycles. The molecular formula is C32H28N6O3S. The van der Waals surface area contributed by atoms with E-state index in [0.717, 1.165) is 32.1 Å². The van der Waals surface area contributed by atoms with Gasteiger partial charge in [0.05, 0.1) is 23.3 Å². The Hall–Kier alpha value is -4.80. The second-order valence-electron chi connectivity index (χ2n) is 10.6. The highest BCUT2D eigenvalue weighted by Gasteiger charge is 2.46. The van der Waals surface area contributed by atoms with E-state index in [2.05, 4.69) is 15.6 Å². The maximum absolute atomic E-state index is 13.8. The molecule has 5 aromatic rings. The Morgan fingerprint density at radius 1 is 1.00 bits per heavy atom. The first-order valence-corrected chi connectivity index (χ1v) is 14.6. The highest BCUT2D eigenvalue weighted by molar-refractivity contribution is 7.22. The number of hydrogen-bond donors (Lipinski definition) is 3. The molecule has 2 saturated heterocycles. The quantitative estimate of drug-likeness (QED) is 0.281. The van der Waals surface area contributed by atoms with E-state index in [4.69, 9.17) is 5.73 Å². The number of nitrogens with one attached hydrogen (secondary N) is 2. The average Bonchev–Trinajstić information content (AvgIpc) is 3.57. The van der Waals surface area contributed by atoms with Gasteiger partial charge in [0.1, 0.15) is 12.2 Å². The van der Waals surface area contributed by atoms with Crippen molar-refractivity contribution in [2.24, 2.45) is 0 Å².